The molecule has 86 valence electrons. The van der Waals surface area contributed by atoms with E-state index in [2.05, 4.69) is 12.2 Å². The lowest BCUT2D eigenvalue weighted by Crippen LogP contribution is -2.48. The molecule has 1 heterocycles. The zero-order valence-corrected chi connectivity index (χ0v) is 9.41. The summed E-state index contributed by atoms with van der Waals surface area (Å²) < 4.78 is 0. The first-order chi connectivity index (χ1) is 7.20. The predicted molar refractivity (Wildman–Crippen MR) is 59.5 cm³/mol. The number of rotatable bonds is 2. The lowest BCUT2D eigenvalue weighted by atomic mass is 9.93. The van der Waals surface area contributed by atoms with Crippen LogP contribution in [0.2, 0.25) is 0 Å². The van der Waals surface area contributed by atoms with E-state index in [1.807, 2.05) is 4.90 Å². The molecule has 2 amide bonds. The van der Waals surface area contributed by atoms with Crippen molar-refractivity contribution in [2.24, 2.45) is 11.7 Å². The molecule has 2 rings (SSSR count). The van der Waals surface area contributed by atoms with Gasteiger partial charge in [0.05, 0.1) is 0 Å². The average Bonchev–Trinajstić information content (AvgIpc) is 2.53. The van der Waals surface area contributed by atoms with Gasteiger partial charge in [0.2, 0.25) is 0 Å². The van der Waals surface area contributed by atoms with Crippen molar-refractivity contribution >= 4 is 6.03 Å². The molecule has 2 fully saturated rings. The minimum atomic E-state index is 0.114. The normalized spacial score (nSPS) is 31.5. The van der Waals surface area contributed by atoms with Crippen LogP contribution in [0.3, 0.4) is 0 Å². The van der Waals surface area contributed by atoms with Gasteiger partial charge in [-0.25, -0.2) is 4.79 Å². The number of likely N-dealkylation sites (tertiary alicyclic amines) is 1. The van der Waals surface area contributed by atoms with E-state index in [4.69, 9.17) is 5.73 Å². The van der Waals surface area contributed by atoms with Gasteiger partial charge < -0.3 is 16.0 Å². The topological polar surface area (TPSA) is 58.4 Å². The molecule has 0 bridgehead atoms. The summed E-state index contributed by atoms with van der Waals surface area (Å²) in [5.74, 6) is 0.493. The molecule has 0 aromatic carbocycles. The standard InChI is InChI=1S/C11H21N3O/c1-8-5-9(6-12)7-14(8)11(15)13-10-3-2-4-10/h8-10H,2-7,12H2,1H3,(H,13,15). The van der Waals surface area contributed by atoms with E-state index < -0.39 is 0 Å². The summed E-state index contributed by atoms with van der Waals surface area (Å²) in [6.07, 6.45) is 4.60. The number of nitrogens with zero attached hydrogens (tertiary/aromatic N) is 1. The Bertz CT molecular complexity index is 240. The fourth-order valence-corrected chi connectivity index (χ4v) is 2.41. The first kappa shape index (κ1) is 10.7. The number of carbonyl (C=O) groups excluding carboxylic acids is 1. The van der Waals surface area contributed by atoms with E-state index in [1.54, 1.807) is 0 Å². The number of urea groups is 1. The number of amides is 2. The van der Waals surface area contributed by atoms with Crippen LogP contribution in [0.25, 0.3) is 0 Å². The van der Waals surface area contributed by atoms with Gasteiger partial charge in [-0.05, 0) is 45.1 Å². The maximum atomic E-state index is 11.9. The second-order valence-electron chi connectivity index (χ2n) is 4.92. The van der Waals surface area contributed by atoms with Crippen LogP contribution in [0, 0.1) is 5.92 Å². The Morgan fingerprint density at radius 3 is 2.73 bits per heavy atom. The summed E-state index contributed by atoms with van der Waals surface area (Å²) in [4.78, 5) is 13.8. The van der Waals surface area contributed by atoms with Gasteiger partial charge in [-0.15, -0.1) is 0 Å². The summed E-state index contributed by atoms with van der Waals surface area (Å²) in [7, 11) is 0. The van der Waals surface area contributed by atoms with Gasteiger partial charge in [0.15, 0.2) is 0 Å². The van der Waals surface area contributed by atoms with E-state index in [-0.39, 0.29) is 6.03 Å². The highest BCUT2D eigenvalue weighted by Crippen LogP contribution is 2.23. The van der Waals surface area contributed by atoms with E-state index in [1.165, 1.54) is 6.42 Å². The highest BCUT2D eigenvalue weighted by atomic mass is 16.2. The van der Waals surface area contributed by atoms with Crippen molar-refractivity contribution in [1.82, 2.24) is 10.2 Å². The number of nitrogens with one attached hydrogen (secondary N) is 1. The molecule has 0 aromatic rings. The quantitative estimate of drug-likeness (QED) is 0.713. The van der Waals surface area contributed by atoms with Crippen LogP contribution in [0.4, 0.5) is 4.79 Å². The molecule has 2 unspecified atom stereocenters. The Balaban J connectivity index is 1.83. The molecule has 4 nitrogen and oxygen atoms in total. The van der Waals surface area contributed by atoms with E-state index in [0.717, 1.165) is 25.8 Å². The molecule has 0 aromatic heterocycles. The highest BCUT2D eigenvalue weighted by molar-refractivity contribution is 5.75. The molecular formula is C11H21N3O. The molecule has 1 aliphatic heterocycles. The van der Waals surface area contributed by atoms with Crippen LogP contribution in [-0.2, 0) is 0 Å². The van der Waals surface area contributed by atoms with Gasteiger partial charge in [0.25, 0.3) is 0 Å². The fourth-order valence-electron chi connectivity index (χ4n) is 2.41. The maximum absolute atomic E-state index is 11.9. The molecule has 15 heavy (non-hydrogen) atoms. The van der Waals surface area contributed by atoms with Crippen LogP contribution in [0.1, 0.15) is 32.6 Å². The zero-order chi connectivity index (χ0) is 10.8. The Hall–Kier alpha value is -0.770. The van der Waals surface area contributed by atoms with E-state index in [9.17, 15) is 4.79 Å². The third-order valence-electron chi connectivity index (χ3n) is 3.69. The summed E-state index contributed by atoms with van der Waals surface area (Å²) in [5.41, 5.74) is 5.64. The Morgan fingerprint density at radius 2 is 2.27 bits per heavy atom. The third kappa shape index (κ3) is 2.25. The van der Waals surface area contributed by atoms with Gasteiger partial charge in [0.1, 0.15) is 0 Å². The van der Waals surface area contributed by atoms with Crippen LogP contribution >= 0.6 is 0 Å². The largest absolute Gasteiger partial charge is 0.335 e. The van der Waals surface area contributed by atoms with E-state index in [0.29, 0.717) is 24.5 Å². The van der Waals surface area contributed by atoms with Crippen LogP contribution in [0.15, 0.2) is 0 Å². The molecule has 1 aliphatic carbocycles. The minimum absolute atomic E-state index is 0.114. The molecule has 1 saturated carbocycles. The summed E-state index contributed by atoms with van der Waals surface area (Å²) >= 11 is 0. The monoisotopic (exact) mass is 211 g/mol. The van der Waals surface area contributed by atoms with E-state index >= 15 is 0 Å². The van der Waals surface area contributed by atoms with Gasteiger partial charge in [-0.1, -0.05) is 0 Å². The maximum Gasteiger partial charge on any atom is 0.317 e. The van der Waals surface area contributed by atoms with Gasteiger partial charge in [-0.2, -0.15) is 0 Å². The number of hydrogen-bond acceptors (Lipinski definition) is 2. The molecule has 1 saturated heterocycles. The summed E-state index contributed by atoms with van der Waals surface area (Å²) in [6, 6.07) is 0.892. The molecule has 4 heteroatoms. The molecule has 0 radical (unpaired) electrons. The lowest BCUT2D eigenvalue weighted by Gasteiger charge is -2.30. The Morgan fingerprint density at radius 1 is 1.53 bits per heavy atom. The van der Waals surface area contributed by atoms with Crippen LogP contribution < -0.4 is 11.1 Å². The molecule has 3 N–H and O–H groups in total. The third-order valence-corrected chi connectivity index (χ3v) is 3.69. The molecule has 2 aliphatic rings. The Kier molecular flexibility index (Phi) is 3.14. The Labute approximate surface area is 91.2 Å². The summed E-state index contributed by atoms with van der Waals surface area (Å²) in [6.45, 7) is 3.63. The number of nitrogens with two attached hydrogens (primary N) is 1. The van der Waals surface area contributed by atoms with Crippen molar-refractivity contribution in [3.63, 3.8) is 0 Å². The molecular weight excluding hydrogens is 190 g/mol. The van der Waals surface area contributed by atoms with Crippen molar-refractivity contribution < 1.29 is 4.79 Å². The van der Waals surface area contributed by atoms with Crippen LogP contribution in [-0.4, -0.2) is 36.1 Å². The number of hydrogen-bond donors (Lipinski definition) is 2. The van der Waals surface area contributed by atoms with Crippen molar-refractivity contribution in [3.05, 3.63) is 0 Å². The van der Waals surface area contributed by atoms with Gasteiger partial charge >= 0.3 is 6.03 Å². The smallest absolute Gasteiger partial charge is 0.317 e. The first-order valence-electron chi connectivity index (χ1n) is 5.98. The second-order valence-corrected chi connectivity index (χ2v) is 4.92. The van der Waals surface area contributed by atoms with Crippen molar-refractivity contribution in [2.75, 3.05) is 13.1 Å². The zero-order valence-electron chi connectivity index (χ0n) is 9.41. The van der Waals surface area contributed by atoms with Crippen molar-refractivity contribution in [3.8, 4) is 0 Å². The molecule has 0 spiro atoms. The van der Waals surface area contributed by atoms with Gasteiger partial charge in [0, 0.05) is 18.6 Å². The second kappa shape index (κ2) is 4.39. The van der Waals surface area contributed by atoms with Crippen molar-refractivity contribution in [2.45, 2.75) is 44.7 Å². The first-order valence-corrected chi connectivity index (χ1v) is 5.98. The minimum Gasteiger partial charge on any atom is -0.335 e. The summed E-state index contributed by atoms with van der Waals surface area (Å²) in [5, 5.41) is 3.08. The average molecular weight is 211 g/mol. The number of carbonyl (C=O) groups is 1. The predicted octanol–water partition coefficient (Wildman–Crippen LogP) is 0.918. The van der Waals surface area contributed by atoms with Crippen LogP contribution in [0.5, 0.6) is 0 Å². The highest BCUT2D eigenvalue weighted by Gasteiger charge is 2.33. The molecule has 2 atom stereocenters. The lowest BCUT2D eigenvalue weighted by molar-refractivity contribution is 0.183. The van der Waals surface area contributed by atoms with Gasteiger partial charge in [-0.3, -0.25) is 0 Å². The SMILES string of the molecule is CC1CC(CN)CN1C(=O)NC1CCC1. The van der Waals surface area contributed by atoms with Crippen molar-refractivity contribution in [1.29, 1.82) is 0 Å². The fraction of sp³-hybridized carbons (Fsp3) is 0.909.